The molecule has 4 nitrogen and oxygen atoms in total. The van der Waals surface area contributed by atoms with Crippen LogP contribution in [0.4, 0.5) is 14.5 Å². The molecule has 0 atom stereocenters. The SMILES string of the molecule is Cn1cc(CNc2ccc(C#N)c(F)c2F)cn1. The Bertz CT molecular complexity index is 613. The van der Waals surface area contributed by atoms with Gasteiger partial charge in [-0.2, -0.15) is 10.4 Å². The summed E-state index contributed by atoms with van der Waals surface area (Å²) in [4.78, 5) is 0. The Hall–Kier alpha value is -2.42. The van der Waals surface area contributed by atoms with Crippen LogP contribution < -0.4 is 5.32 Å². The van der Waals surface area contributed by atoms with Crippen LogP contribution in [-0.2, 0) is 13.6 Å². The Morgan fingerprint density at radius 2 is 2.17 bits per heavy atom. The van der Waals surface area contributed by atoms with Crippen molar-refractivity contribution >= 4 is 5.69 Å². The number of benzene rings is 1. The summed E-state index contributed by atoms with van der Waals surface area (Å²) in [7, 11) is 1.77. The van der Waals surface area contributed by atoms with Gasteiger partial charge in [0.05, 0.1) is 17.4 Å². The highest BCUT2D eigenvalue weighted by molar-refractivity contribution is 5.49. The Labute approximate surface area is 102 Å². The molecule has 0 aliphatic heterocycles. The Balaban J connectivity index is 2.15. The normalized spacial score (nSPS) is 10.1. The number of nitrogens with one attached hydrogen (secondary N) is 1. The first-order valence-electron chi connectivity index (χ1n) is 5.21. The average molecular weight is 248 g/mol. The summed E-state index contributed by atoms with van der Waals surface area (Å²) in [6, 6.07) is 4.16. The molecular formula is C12H10F2N4. The van der Waals surface area contributed by atoms with Crippen molar-refractivity contribution in [2.75, 3.05) is 5.32 Å². The lowest BCUT2D eigenvalue weighted by molar-refractivity contribution is 0.508. The third-order valence-electron chi connectivity index (χ3n) is 2.44. The fourth-order valence-corrected chi connectivity index (χ4v) is 1.53. The zero-order valence-corrected chi connectivity index (χ0v) is 9.61. The second-order valence-electron chi connectivity index (χ2n) is 3.78. The maximum absolute atomic E-state index is 13.5. The molecule has 0 saturated heterocycles. The molecule has 0 radical (unpaired) electrons. The minimum atomic E-state index is -1.13. The third-order valence-corrected chi connectivity index (χ3v) is 2.44. The summed E-state index contributed by atoms with van der Waals surface area (Å²) in [5.41, 5.74) is 0.566. The molecule has 1 aromatic carbocycles. The molecule has 1 aromatic heterocycles. The molecule has 0 bridgehead atoms. The predicted octanol–water partition coefficient (Wildman–Crippen LogP) is 2.18. The molecule has 1 N–H and O–H groups in total. The largest absolute Gasteiger partial charge is 0.378 e. The van der Waals surface area contributed by atoms with Crippen molar-refractivity contribution in [1.29, 1.82) is 5.26 Å². The maximum Gasteiger partial charge on any atom is 0.183 e. The average Bonchev–Trinajstić information content (AvgIpc) is 2.77. The van der Waals surface area contributed by atoms with Crippen molar-refractivity contribution in [2.24, 2.45) is 7.05 Å². The van der Waals surface area contributed by atoms with Crippen molar-refractivity contribution in [3.63, 3.8) is 0 Å². The smallest absolute Gasteiger partial charge is 0.183 e. The molecule has 0 saturated carbocycles. The minimum absolute atomic E-state index is 0.0235. The van der Waals surface area contributed by atoms with Crippen molar-refractivity contribution in [1.82, 2.24) is 9.78 Å². The van der Waals surface area contributed by atoms with Gasteiger partial charge >= 0.3 is 0 Å². The third kappa shape index (κ3) is 2.30. The maximum atomic E-state index is 13.5. The fourth-order valence-electron chi connectivity index (χ4n) is 1.53. The first-order valence-corrected chi connectivity index (χ1v) is 5.21. The van der Waals surface area contributed by atoms with Gasteiger partial charge in [-0.15, -0.1) is 0 Å². The summed E-state index contributed by atoms with van der Waals surface area (Å²) < 4.78 is 28.5. The van der Waals surface area contributed by atoms with Gasteiger partial charge in [0.1, 0.15) is 6.07 Å². The molecule has 0 spiro atoms. The number of aromatic nitrogens is 2. The lowest BCUT2D eigenvalue weighted by atomic mass is 10.2. The molecule has 6 heteroatoms. The van der Waals surface area contributed by atoms with Gasteiger partial charge in [0.25, 0.3) is 0 Å². The van der Waals surface area contributed by atoms with Gasteiger partial charge in [-0.3, -0.25) is 4.68 Å². The lowest BCUT2D eigenvalue weighted by Gasteiger charge is -2.07. The Morgan fingerprint density at radius 1 is 1.39 bits per heavy atom. The number of nitriles is 1. The molecule has 0 unspecified atom stereocenters. The van der Waals surface area contributed by atoms with Gasteiger partial charge in [-0.1, -0.05) is 0 Å². The Kier molecular flexibility index (Phi) is 3.24. The van der Waals surface area contributed by atoms with Gasteiger partial charge in [0, 0.05) is 25.4 Å². The van der Waals surface area contributed by atoms with Crippen LogP contribution in [0.25, 0.3) is 0 Å². The molecule has 1 heterocycles. The lowest BCUT2D eigenvalue weighted by Crippen LogP contribution is -2.03. The summed E-state index contributed by atoms with van der Waals surface area (Å²) in [5, 5.41) is 15.3. The van der Waals surface area contributed by atoms with E-state index in [9.17, 15) is 8.78 Å². The van der Waals surface area contributed by atoms with Crippen molar-refractivity contribution in [3.8, 4) is 6.07 Å². The molecule has 2 aromatic rings. The number of nitrogens with zero attached hydrogens (tertiary/aromatic N) is 3. The molecule has 0 aliphatic carbocycles. The van der Waals surface area contributed by atoms with Gasteiger partial charge in [0.15, 0.2) is 11.6 Å². The van der Waals surface area contributed by atoms with E-state index in [-0.39, 0.29) is 11.3 Å². The van der Waals surface area contributed by atoms with Crippen LogP contribution in [0.3, 0.4) is 0 Å². The second kappa shape index (κ2) is 4.84. The molecule has 0 amide bonds. The van der Waals surface area contributed by atoms with Gasteiger partial charge in [0.2, 0.25) is 0 Å². The van der Waals surface area contributed by atoms with E-state index >= 15 is 0 Å². The molecule has 2 rings (SSSR count). The van der Waals surface area contributed by atoms with E-state index in [0.717, 1.165) is 5.56 Å². The monoisotopic (exact) mass is 248 g/mol. The highest BCUT2D eigenvalue weighted by atomic mass is 19.2. The van der Waals surface area contributed by atoms with E-state index in [1.165, 1.54) is 12.1 Å². The predicted molar refractivity (Wildman–Crippen MR) is 61.6 cm³/mol. The molecule has 92 valence electrons. The van der Waals surface area contributed by atoms with E-state index in [1.54, 1.807) is 30.2 Å². The quantitative estimate of drug-likeness (QED) is 0.905. The number of hydrogen-bond acceptors (Lipinski definition) is 3. The van der Waals surface area contributed by atoms with E-state index in [2.05, 4.69) is 10.4 Å². The topological polar surface area (TPSA) is 53.6 Å². The van der Waals surface area contributed by atoms with Gasteiger partial charge in [-0.05, 0) is 12.1 Å². The van der Waals surface area contributed by atoms with E-state index in [0.29, 0.717) is 6.54 Å². The van der Waals surface area contributed by atoms with Crippen molar-refractivity contribution in [2.45, 2.75) is 6.54 Å². The summed E-state index contributed by atoms with van der Waals surface area (Å²) >= 11 is 0. The minimum Gasteiger partial charge on any atom is -0.378 e. The van der Waals surface area contributed by atoms with Crippen LogP contribution in [0.1, 0.15) is 11.1 Å². The van der Waals surface area contributed by atoms with Crippen LogP contribution >= 0.6 is 0 Å². The number of anilines is 1. The van der Waals surface area contributed by atoms with Crippen LogP contribution in [0, 0.1) is 23.0 Å². The Morgan fingerprint density at radius 3 is 2.78 bits per heavy atom. The number of halogens is 2. The first-order chi connectivity index (χ1) is 8.61. The molecule has 0 aliphatic rings. The highest BCUT2D eigenvalue weighted by Gasteiger charge is 2.12. The van der Waals surface area contributed by atoms with Crippen LogP contribution in [-0.4, -0.2) is 9.78 Å². The van der Waals surface area contributed by atoms with Crippen LogP contribution in [0.5, 0.6) is 0 Å². The van der Waals surface area contributed by atoms with E-state index in [1.807, 2.05) is 0 Å². The number of rotatable bonds is 3. The molecule has 18 heavy (non-hydrogen) atoms. The summed E-state index contributed by atoms with van der Waals surface area (Å²) in [5.74, 6) is -2.17. The zero-order chi connectivity index (χ0) is 13.1. The van der Waals surface area contributed by atoms with Gasteiger partial charge < -0.3 is 5.32 Å². The van der Waals surface area contributed by atoms with Crippen molar-refractivity contribution in [3.05, 3.63) is 47.3 Å². The molecule has 0 fully saturated rings. The van der Waals surface area contributed by atoms with Crippen LogP contribution in [0.2, 0.25) is 0 Å². The summed E-state index contributed by atoms with van der Waals surface area (Å²) in [6.45, 7) is 0.329. The van der Waals surface area contributed by atoms with E-state index in [4.69, 9.17) is 5.26 Å². The second-order valence-corrected chi connectivity index (χ2v) is 3.78. The zero-order valence-electron chi connectivity index (χ0n) is 9.61. The highest BCUT2D eigenvalue weighted by Crippen LogP contribution is 2.20. The van der Waals surface area contributed by atoms with Gasteiger partial charge in [-0.25, -0.2) is 8.78 Å². The fraction of sp³-hybridized carbons (Fsp3) is 0.167. The number of hydrogen-bond donors (Lipinski definition) is 1. The van der Waals surface area contributed by atoms with Crippen LogP contribution in [0.15, 0.2) is 24.5 Å². The van der Waals surface area contributed by atoms with E-state index < -0.39 is 11.6 Å². The first kappa shape index (κ1) is 12.0. The molecular weight excluding hydrogens is 238 g/mol. The van der Waals surface area contributed by atoms with Crippen molar-refractivity contribution < 1.29 is 8.78 Å². The summed E-state index contributed by atoms with van der Waals surface area (Å²) in [6.07, 6.45) is 3.40. The number of aryl methyl sites for hydroxylation is 1. The standard InChI is InChI=1S/C12H10F2N4/c1-18-7-8(6-17-18)5-16-10-3-2-9(4-15)11(13)12(10)14/h2-3,6-7,16H,5H2,1H3.